The van der Waals surface area contributed by atoms with Crippen LogP contribution in [-0.2, 0) is 14.1 Å². The van der Waals surface area contributed by atoms with E-state index >= 15 is 0 Å². The Kier molecular flexibility index (Phi) is 6.87. The molecule has 1 N–H and O–H groups in total. The lowest BCUT2D eigenvalue weighted by Gasteiger charge is -2.45. The number of ether oxygens (including phenoxy) is 2. The highest BCUT2D eigenvalue weighted by molar-refractivity contribution is 7.60. The van der Waals surface area contributed by atoms with Gasteiger partial charge >= 0.3 is 6.64 Å². The summed E-state index contributed by atoms with van der Waals surface area (Å²) >= 11 is 5.91. The number of halogens is 1. The number of hydrogen-bond donors (Lipinski definition) is 1. The largest absolute Gasteiger partial charge is 0.426 e. The van der Waals surface area contributed by atoms with Crippen LogP contribution in [0.2, 0.25) is 6.82 Å². The van der Waals surface area contributed by atoms with Gasteiger partial charge in [0.25, 0.3) is 0 Å². The van der Waals surface area contributed by atoms with Crippen LogP contribution in [0.15, 0.2) is 0 Å². The van der Waals surface area contributed by atoms with Crippen molar-refractivity contribution in [3.05, 3.63) is 0 Å². The van der Waals surface area contributed by atoms with Gasteiger partial charge in [-0.15, -0.1) is 9.12 Å². The number of aliphatic hydroxyl groups is 1. The second-order valence-electron chi connectivity index (χ2n) is 4.87. The van der Waals surface area contributed by atoms with Crippen molar-refractivity contribution in [2.75, 3.05) is 6.61 Å². The van der Waals surface area contributed by atoms with E-state index in [1.807, 2.05) is 20.7 Å². The van der Waals surface area contributed by atoms with Gasteiger partial charge in [0.05, 0.1) is 24.9 Å². The highest BCUT2D eigenvalue weighted by Gasteiger charge is 2.43. The van der Waals surface area contributed by atoms with Gasteiger partial charge in [0.2, 0.25) is 0 Å². The molecule has 1 heterocycles. The van der Waals surface area contributed by atoms with Crippen molar-refractivity contribution in [3.63, 3.8) is 0 Å². The standard InChI is InChI=1S/C11H23BClO4P/c1-6-9(5-14)15-7(2)11(16-8(3)13)10(6)17-12(4)18/h6-11,14H,5,18H2,1-4H3. The second kappa shape index (κ2) is 7.42. The van der Waals surface area contributed by atoms with Crippen molar-refractivity contribution < 1.29 is 19.2 Å². The smallest absolute Gasteiger partial charge is 0.312 e. The van der Waals surface area contributed by atoms with Gasteiger partial charge < -0.3 is 19.2 Å². The van der Waals surface area contributed by atoms with Crippen molar-refractivity contribution in [1.29, 1.82) is 0 Å². The lowest BCUT2D eigenvalue weighted by atomic mass is 9.86. The summed E-state index contributed by atoms with van der Waals surface area (Å²) in [4.78, 5) is 0. The predicted molar refractivity (Wildman–Crippen MR) is 77.0 cm³/mol. The molecule has 1 aliphatic rings. The Balaban J connectivity index is 2.83. The molecule has 0 aromatic carbocycles. The number of hydrogen-bond acceptors (Lipinski definition) is 4. The van der Waals surface area contributed by atoms with Crippen LogP contribution in [0.5, 0.6) is 0 Å². The van der Waals surface area contributed by atoms with Gasteiger partial charge in [0, 0.05) is 5.92 Å². The number of alkyl halides is 1. The van der Waals surface area contributed by atoms with E-state index in [0.29, 0.717) is 0 Å². The summed E-state index contributed by atoms with van der Waals surface area (Å²) in [7, 11) is 2.61. The van der Waals surface area contributed by atoms with Gasteiger partial charge in [-0.1, -0.05) is 25.3 Å². The maximum absolute atomic E-state index is 9.35. The molecule has 1 fully saturated rings. The Morgan fingerprint density at radius 3 is 2.50 bits per heavy atom. The summed E-state index contributed by atoms with van der Waals surface area (Å²) in [5.74, 6) is 0.0506. The first-order valence-electron chi connectivity index (χ1n) is 6.33. The van der Waals surface area contributed by atoms with Gasteiger partial charge in [-0.2, -0.15) is 0 Å². The van der Waals surface area contributed by atoms with Gasteiger partial charge in [-0.25, -0.2) is 0 Å². The number of rotatable bonds is 5. The minimum absolute atomic E-state index is 0.0128. The molecule has 4 nitrogen and oxygen atoms in total. The molecule has 1 saturated heterocycles. The molecule has 7 unspecified atom stereocenters. The molecule has 7 heteroatoms. The molecule has 0 amide bonds. The van der Waals surface area contributed by atoms with E-state index in [0.717, 1.165) is 0 Å². The van der Waals surface area contributed by atoms with Crippen LogP contribution in [0.4, 0.5) is 0 Å². The number of aliphatic hydroxyl groups excluding tert-OH is 1. The van der Waals surface area contributed by atoms with E-state index in [2.05, 4.69) is 9.12 Å². The Bertz CT molecular complexity index is 257. The fourth-order valence-corrected chi connectivity index (χ4v) is 2.62. The molecule has 1 rings (SSSR count). The van der Waals surface area contributed by atoms with Crippen LogP contribution in [0, 0.1) is 5.92 Å². The third-order valence-electron chi connectivity index (χ3n) is 3.18. The minimum Gasteiger partial charge on any atom is -0.426 e. The topological polar surface area (TPSA) is 47.9 Å². The highest BCUT2D eigenvalue weighted by atomic mass is 35.5. The average Bonchev–Trinajstić information content (AvgIpc) is 2.27. The maximum atomic E-state index is 9.35. The van der Waals surface area contributed by atoms with E-state index in [1.54, 1.807) is 6.92 Å². The molecule has 0 aromatic rings. The molecule has 18 heavy (non-hydrogen) atoms. The fourth-order valence-electron chi connectivity index (χ4n) is 2.32. The monoisotopic (exact) mass is 296 g/mol. The van der Waals surface area contributed by atoms with E-state index in [1.165, 1.54) is 0 Å². The molecule has 0 spiro atoms. The molecule has 0 aromatic heterocycles. The van der Waals surface area contributed by atoms with Gasteiger partial charge in [-0.05, 0) is 13.8 Å². The lowest BCUT2D eigenvalue weighted by molar-refractivity contribution is -0.210. The molecule has 0 bridgehead atoms. The van der Waals surface area contributed by atoms with Crippen molar-refractivity contribution in [2.45, 2.75) is 57.6 Å². The zero-order valence-corrected chi connectivity index (χ0v) is 13.3. The normalized spacial score (nSPS) is 38.5. The lowest BCUT2D eigenvalue weighted by Crippen LogP contribution is -2.56. The summed E-state index contributed by atoms with van der Waals surface area (Å²) in [5, 5.41) is 9.35. The molecule has 0 aliphatic carbocycles. The van der Waals surface area contributed by atoms with Gasteiger partial charge in [-0.3, -0.25) is 0 Å². The Morgan fingerprint density at radius 1 is 1.44 bits per heavy atom. The summed E-state index contributed by atoms with van der Waals surface area (Å²) in [6, 6.07) is 0. The van der Waals surface area contributed by atoms with Crippen LogP contribution in [0.3, 0.4) is 0 Å². The maximum Gasteiger partial charge on any atom is 0.312 e. The summed E-state index contributed by atoms with van der Waals surface area (Å²) in [6.07, 6.45) is -0.745. The van der Waals surface area contributed by atoms with E-state index in [4.69, 9.17) is 25.7 Å². The van der Waals surface area contributed by atoms with Crippen LogP contribution in [0.25, 0.3) is 0 Å². The van der Waals surface area contributed by atoms with Gasteiger partial charge in [0.15, 0.2) is 0 Å². The predicted octanol–water partition coefficient (Wildman–Crippen LogP) is 1.75. The molecule has 0 radical (unpaired) electrons. The Morgan fingerprint density at radius 2 is 2.06 bits per heavy atom. The first kappa shape index (κ1) is 16.7. The molecule has 106 valence electrons. The van der Waals surface area contributed by atoms with Crippen molar-refractivity contribution in [3.8, 4) is 0 Å². The van der Waals surface area contributed by atoms with E-state index < -0.39 is 5.56 Å². The summed E-state index contributed by atoms with van der Waals surface area (Å²) in [5.41, 5.74) is -0.398. The Labute approximate surface area is 117 Å². The molecule has 7 atom stereocenters. The van der Waals surface area contributed by atoms with Crippen LogP contribution in [0.1, 0.15) is 20.8 Å². The minimum atomic E-state index is -0.398. The first-order valence-corrected chi connectivity index (χ1v) is 7.44. The van der Waals surface area contributed by atoms with E-state index in [9.17, 15) is 5.11 Å². The van der Waals surface area contributed by atoms with Crippen molar-refractivity contribution in [1.82, 2.24) is 0 Å². The van der Waals surface area contributed by atoms with Crippen LogP contribution in [-0.4, -0.2) is 48.3 Å². The zero-order chi connectivity index (χ0) is 13.9. The van der Waals surface area contributed by atoms with Crippen LogP contribution >= 0.6 is 20.7 Å². The fraction of sp³-hybridized carbons (Fsp3) is 1.00. The zero-order valence-electron chi connectivity index (χ0n) is 11.4. The second-order valence-corrected chi connectivity index (χ2v) is 6.42. The average molecular weight is 297 g/mol. The Hall–Kier alpha value is 0.625. The summed E-state index contributed by atoms with van der Waals surface area (Å²) in [6.45, 7) is 7.64. The van der Waals surface area contributed by atoms with Crippen LogP contribution < -0.4 is 0 Å². The first-order chi connectivity index (χ1) is 8.36. The third-order valence-corrected chi connectivity index (χ3v) is 3.44. The van der Waals surface area contributed by atoms with Gasteiger partial charge in [0.1, 0.15) is 11.7 Å². The molecule has 1 aliphatic heterocycles. The quantitative estimate of drug-likeness (QED) is 0.477. The third kappa shape index (κ3) is 4.33. The molecular formula is C11H23BClO4P. The SMILES string of the molecule is CB(P)OC1C(C)C(CO)OC(C)C1OC(C)Cl. The van der Waals surface area contributed by atoms with E-state index in [-0.39, 0.29) is 43.6 Å². The van der Waals surface area contributed by atoms with Crippen molar-refractivity contribution >= 4 is 27.4 Å². The molecular weight excluding hydrogens is 273 g/mol. The van der Waals surface area contributed by atoms with Crippen molar-refractivity contribution in [2.24, 2.45) is 5.92 Å². The molecule has 0 saturated carbocycles. The highest BCUT2D eigenvalue weighted by Crippen LogP contribution is 2.31. The summed E-state index contributed by atoms with van der Waals surface area (Å²) < 4.78 is 17.4.